The van der Waals surface area contributed by atoms with E-state index < -0.39 is 42.2 Å². The van der Waals surface area contributed by atoms with Crippen molar-refractivity contribution in [2.75, 3.05) is 11.9 Å². The zero-order valence-corrected chi connectivity index (χ0v) is 19.5. The predicted molar refractivity (Wildman–Crippen MR) is 127 cm³/mol. The summed E-state index contributed by atoms with van der Waals surface area (Å²) in [5.74, 6) is -5.50. The van der Waals surface area contributed by atoms with Crippen LogP contribution in [-0.4, -0.2) is 56.3 Å². The molecule has 2 aromatic carbocycles. The molecule has 0 bridgehead atoms. The molecule has 0 aliphatic carbocycles. The Kier molecular flexibility index (Phi) is 6.31. The van der Waals surface area contributed by atoms with Crippen molar-refractivity contribution in [2.45, 2.75) is 23.7 Å². The number of rotatable bonds is 6. The van der Waals surface area contributed by atoms with E-state index in [2.05, 4.69) is 15.4 Å². The maximum Gasteiger partial charge on any atom is 0.338 e. The maximum atomic E-state index is 15.5. The van der Waals surface area contributed by atoms with Crippen LogP contribution in [0.5, 0.6) is 0 Å². The molecule has 1 aliphatic rings. The molecule has 1 amide bonds. The number of aliphatic hydroxyl groups excluding tert-OH is 1. The van der Waals surface area contributed by atoms with Gasteiger partial charge in [0.2, 0.25) is 11.7 Å². The second-order valence-corrected chi connectivity index (χ2v) is 8.41. The maximum absolute atomic E-state index is 15.5. The van der Waals surface area contributed by atoms with E-state index in [1.54, 1.807) is 42.5 Å². The Morgan fingerprint density at radius 2 is 1.74 bits per heavy atom. The molecule has 1 fully saturated rings. The van der Waals surface area contributed by atoms with Crippen molar-refractivity contribution < 1.29 is 33.0 Å². The number of fused-ring (bicyclic) bond motifs is 1. The van der Waals surface area contributed by atoms with Gasteiger partial charge in [-0.05, 0) is 36.4 Å². The van der Waals surface area contributed by atoms with Gasteiger partial charge in [-0.3, -0.25) is 4.79 Å². The second-order valence-electron chi connectivity index (χ2n) is 8.41. The Bertz CT molecular complexity index is 1540. The van der Waals surface area contributed by atoms with Crippen molar-refractivity contribution in [1.29, 1.82) is 5.26 Å². The number of carbonyl (C=O) groups excluding carboxylic acids is 2. The molecular weight excluding hydrogens is 500 g/mol. The number of esters is 1. The summed E-state index contributed by atoms with van der Waals surface area (Å²) in [4.78, 5) is 29.5. The number of carbonyl (C=O) groups is 2. The van der Waals surface area contributed by atoms with Crippen molar-refractivity contribution in [2.24, 2.45) is 0 Å². The lowest BCUT2D eigenvalue weighted by Crippen LogP contribution is -2.48. The molecule has 2 N–H and O–H groups in total. The number of nitriles is 1. The number of nitrogens with one attached hydrogen (secondary N) is 1. The fourth-order valence-corrected chi connectivity index (χ4v) is 4.29. The number of anilines is 1. The summed E-state index contributed by atoms with van der Waals surface area (Å²) in [6, 6.07) is 20.1. The first-order valence-corrected chi connectivity index (χ1v) is 11.3. The SMILES string of the molecule is N#C[C@@]1(c2ccc3c(NC(=O)c4ccccc4)ncnn23)O[C@H](CO)C(F)(F)C1OC(=O)c1ccccc1. The minimum absolute atomic E-state index is 0.0177. The summed E-state index contributed by atoms with van der Waals surface area (Å²) in [5, 5.41) is 26.5. The zero-order valence-electron chi connectivity index (χ0n) is 19.5. The Morgan fingerprint density at radius 3 is 2.37 bits per heavy atom. The lowest BCUT2D eigenvalue weighted by Gasteiger charge is -2.28. The number of benzene rings is 2. The number of ether oxygens (including phenoxy) is 2. The molecule has 192 valence electrons. The molecule has 0 saturated carbocycles. The third-order valence-corrected chi connectivity index (χ3v) is 6.14. The normalized spacial score (nSPS) is 22.1. The summed E-state index contributed by atoms with van der Waals surface area (Å²) < 4.78 is 42.6. The van der Waals surface area contributed by atoms with Crippen molar-refractivity contribution in [3.63, 3.8) is 0 Å². The first kappa shape index (κ1) is 24.9. The number of aliphatic hydroxyl groups is 1. The van der Waals surface area contributed by atoms with E-state index in [0.29, 0.717) is 5.56 Å². The molecule has 12 heteroatoms. The van der Waals surface area contributed by atoms with Crippen molar-refractivity contribution in [3.8, 4) is 6.07 Å². The molecule has 0 spiro atoms. The summed E-state index contributed by atoms with van der Waals surface area (Å²) in [6.07, 6.45) is -3.54. The molecule has 2 aromatic heterocycles. The fraction of sp³-hybridized carbons (Fsp3) is 0.192. The smallest absolute Gasteiger partial charge is 0.338 e. The van der Waals surface area contributed by atoms with Gasteiger partial charge in [-0.25, -0.2) is 14.3 Å². The molecule has 1 saturated heterocycles. The molecule has 10 nitrogen and oxygen atoms in total. The Balaban J connectivity index is 1.57. The van der Waals surface area contributed by atoms with Crippen LogP contribution in [0.2, 0.25) is 0 Å². The molecule has 3 heterocycles. The summed E-state index contributed by atoms with van der Waals surface area (Å²) in [6.45, 7) is -1.15. The van der Waals surface area contributed by atoms with Crippen LogP contribution in [0.4, 0.5) is 14.6 Å². The minimum atomic E-state index is -3.95. The number of aromatic nitrogens is 3. The third kappa shape index (κ3) is 4.03. The number of hydrogen-bond donors (Lipinski definition) is 2. The first-order valence-electron chi connectivity index (χ1n) is 11.3. The van der Waals surface area contributed by atoms with E-state index in [0.717, 1.165) is 10.8 Å². The molecule has 38 heavy (non-hydrogen) atoms. The highest BCUT2D eigenvalue weighted by Crippen LogP contribution is 2.50. The quantitative estimate of drug-likeness (QED) is 0.371. The monoisotopic (exact) mass is 519 g/mol. The first-order chi connectivity index (χ1) is 18.3. The second kappa shape index (κ2) is 9.62. The van der Waals surface area contributed by atoms with E-state index in [4.69, 9.17) is 9.47 Å². The molecule has 1 aliphatic heterocycles. The van der Waals surface area contributed by atoms with Crippen LogP contribution in [0.1, 0.15) is 26.4 Å². The average molecular weight is 519 g/mol. The summed E-state index contributed by atoms with van der Waals surface area (Å²) >= 11 is 0. The van der Waals surface area contributed by atoms with E-state index in [-0.39, 0.29) is 22.6 Å². The third-order valence-electron chi connectivity index (χ3n) is 6.14. The minimum Gasteiger partial charge on any atom is -0.447 e. The van der Waals surface area contributed by atoms with Crippen LogP contribution in [0.15, 0.2) is 79.1 Å². The lowest BCUT2D eigenvalue weighted by molar-refractivity contribution is -0.126. The van der Waals surface area contributed by atoms with Gasteiger partial charge in [0.05, 0.1) is 17.9 Å². The van der Waals surface area contributed by atoms with E-state index in [1.807, 2.05) is 0 Å². The molecule has 4 aromatic rings. The van der Waals surface area contributed by atoms with Crippen LogP contribution < -0.4 is 5.32 Å². The molecule has 5 rings (SSSR count). The Hall–Kier alpha value is -4.73. The van der Waals surface area contributed by atoms with Crippen LogP contribution >= 0.6 is 0 Å². The zero-order chi connectivity index (χ0) is 26.9. The van der Waals surface area contributed by atoms with Crippen LogP contribution in [0.3, 0.4) is 0 Å². The summed E-state index contributed by atoms with van der Waals surface area (Å²) in [7, 11) is 0. The Labute approximate surface area is 214 Å². The predicted octanol–water partition coefficient (Wildman–Crippen LogP) is 2.95. The number of halogens is 2. The molecule has 1 unspecified atom stereocenters. The van der Waals surface area contributed by atoms with Gasteiger partial charge in [0.15, 0.2) is 11.9 Å². The van der Waals surface area contributed by atoms with Gasteiger partial charge in [-0.15, -0.1) is 0 Å². The van der Waals surface area contributed by atoms with Gasteiger partial charge in [-0.1, -0.05) is 36.4 Å². The van der Waals surface area contributed by atoms with Gasteiger partial charge < -0.3 is 19.9 Å². The van der Waals surface area contributed by atoms with Gasteiger partial charge >= 0.3 is 11.9 Å². The van der Waals surface area contributed by atoms with Crippen LogP contribution in [0, 0.1) is 11.3 Å². The average Bonchev–Trinajstić information content (AvgIpc) is 3.47. The highest BCUT2D eigenvalue weighted by atomic mass is 19.3. The van der Waals surface area contributed by atoms with Crippen molar-refractivity contribution in [1.82, 2.24) is 14.6 Å². The van der Waals surface area contributed by atoms with Gasteiger partial charge in [-0.2, -0.15) is 19.1 Å². The van der Waals surface area contributed by atoms with Crippen LogP contribution in [-0.2, 0) is 15.1 Å². The highest BCUT2D eigenvalue weighted by molar-refractivity contribution is 6.05. The number of hydrogen-bond acceptors (Lipinski definition) is 8. The Morgan fingerprint density at radius 1 is 1.08 bits per heavy atom. The largest absolute Gasteiger partial charge is 0.447 e. The van der Waals surface area contributed by atoms with Gasteiger partial charge in [0, 0.05) is 5.56 Å². The topological polar surface area (TPSA) is 139 Å². The fourth-order valence-electron chi connectivity index (χ4n) is 4.29. The van der Waals surface area contributed by atoms with E-state index in [9.17, 15) is 20.0 Å². The van der Waals surface area contributed by atoms with Crippen molar-refractivity contribution >= 4 is 23.2 Å². The van der Waals surface area contributed by atoms with Gasteiger partial charge in [0.25, 0.3) is 5.91 Å². The number of amides is 1. The van der Waals surface area contributed by atoms with E-state index >= 15 is 8.78 Å². The standard InChI is InChI=1S/C26H19F2N5O5/c27-26(28)20(13-34)38-25(14-29,24(26)37-23(36)17-9-5-2-6-10-17)19-12-11-18-21(30-15-31-33(18)19)32-22(35)16-7-3-1-4-8-16/h1-12,15,20,24,34H,13H2,(H,30,31,32,35)/t20-,24?,25+/m1/s1. The van der Waals surface area contributed by atoms with Crippen molar-refractivity contribution in [3.05, 3.63) is 95.9 Å². The summed E-state index contributed by atoms with van der Waals surface area (Å²) in [5.41, 5.74) is -2.29. The molecular formula is C26H19F2N5O5. The van der Waals surface area contributed by atoms with E-state index in [1.165, 1.54) is 36.4 Å². The number of nitrogens with zero attached hydrogens (tertiary/aromatic N) is 4. The highest BCUT2D eigenvalue weighted by Gasteiger charge is 2.70. The lowest BCUT2D eigenvalue weighted by atomic mass is 9.91. The van der Waals surface area contributed by atoms with Crippen LogP contribution in [0.25, 0.3) is 5.52 Å². The van der Waals surface area contributed by atoms with Gasteiger partial charge in [0.1, 0.15) is 17.9 Å². The number of alkyl halides is 2. The molecule has 3 atom stereocenters. The molecule has 0 radical (unpaired) electrons.